The van der Waals surface area contributed by atoms with Crippen LogP contribution >= 0.6 is 0 Å². The summed E-state index contributed by atoms with van der Waals surface area (Å²) in [5.41, 5.74) is -0.201. The molecule has 0 atom stereocenters. The first-order chi connectivity index (χ1) is 12.0. The van der Waals surface area contributed by atoms with Crippen LogP contribution in [0.1, 0.15) is 44.9 Å². The van der Waals surface area contributed by atoms with Gasteiger partial charge in [-0.1, -0.05) is 5.92 Å². The van der Waals surface area contributed by atoms with E-state index in [1.54, 1.807) is 0 Å². The molecule has 0 radical (unpaired) electrons. The third-order valence-corrected chi connectivity index (χ3v) is 5.89. The topological polar surface area (TPSA) is 84.5 Å². The third kappa shape index (κ3) is 4.15. The Morgan fingerprint density at radius 3 is 2.20 bits per heavy atom. The summed E-state index contributed by atoms with van der Waals surface area (Å²) in [7, 11) is 0. The Bertz CT molecular complexity index is 557. The predicted molar refractivity (Wildman–Crippen MR) is 91.0 cm³/mol. The van der Waals surface area contributed by atoms with E-state index in [-0.39, 0.29) is 37.4 Å². The second kappa shape index (κ2) is 7.47. The summed E-state index contributed by atoms with van der Waals surface area (Å²) >= 11 is 0. The highest BCUT2D eigenvalue weighted by molar-refractivity contribution is 5.84. The van der Waals surface area contributed by atoms with Gasteiger partial charge >= 0.3 is 5.97 Å². The van der Waals surface area contributed by atoms with E-state index in [9.17, 15) is 14.4 Å². The molecular formula is C19H26N2O4. The van der Waals surface area contributed by atoms with Crippen LogP contribution < -0.4 is 10.6 Å². The lowest BCUT2D eigenvalue weighted by Gasteiger charge is -2.55. The molecule has 6 heteroatoms. The van der Waals surface area contributed by atoms with Crippen LogP contribution in [0.3, 0.4) is 0 Å². The lowest BCUT2D eigenvalue weighted by atomic mass is 9.49. The predicted octanol–water partition coefficient (Wildman–Crippen LogP) is 1.00. The molecule has 0 spiro atoms. The van der Waals surface area contributed by atoms with Crippen LogP contribution in [0.4, 0.5) is 0 Å². The zero-order chi connectivity index (χ0) is 17.9. The van der Waals surface area contributed by atoms with Gasteiger partial charge in [0.15, 0.2) is 6.61 Å². The van der Waals surface area contributed by atoms with E-state index in [0.29, 0.717) is 17.8 Å². The minimum atomic E-state index is -0.498. The molecule has 0 aromatic heterocycles. The van der Waals surface area contributed by atoms with Crippen molar-refractivity contribution in [2.75, 3.05) is 19.7 Å². The fraction of sp³-hybridized carbons (Fsp3) is 0.737. The second-order valence-electron chi connectivity index (χ2n) is 7.85. The number of hydrogen-bond donors (Lipinski definition) is 2. The molecule has 4 fully saturated rings. The molecule has 0 aromatic rings. The molecule has 0 aromatic carbocycles. The van der Waals surface area contributed by atoms with E-state index in [2.05, 4.69) is 16.6 Å². The number of hydrogen-bond acceptors (Lipinski definition) is 4. The lowest BCUT2D eigenvalue weighted by molar-refractivity contribution is -0.149. The van der Waals surface area contributed by atoms with E-state index in [0.717, 1.165) is 19.3 Å². The van der Waals surface area contributed by atoms with Crippen LogP contribution in [0.2, 0.25) is 0 Å². The first-order valence-electron chi connectivity index (χ1n) is 9.15. The summed E-state index contributed by atoms with van der Waals surface area (Å²) in [6.45, 7) is 0.0202. The van der Waals surface area contributed by atoms with Gasteiger partial charge in [-0.3, -0.25) is 14.4 Å². The Morgan fingerprint density at radius 1 is 1.04 bits per heavy atom. The van der Waals surface area contributed by atoms with Gasteiger partial charge in [-0.2, -0.15) is 0 Å². The number of carbonyl (C=O) groups excluding carboxylic acids is 3. The minimum Gasteiger partial charge on any atom is -0.456 e. The van der Waals surface area contributed by atoms with Crippen molar-refractivity contribution in [2.24, 2.45) is 23.2 Å². The SMILES string of the molecule is C#CCNC(=O)COC(=O)CCNC(=O)C12CC3CC(CC(C3)C1)C2. The molecule has 25 heavy (non-hydrogen) atoms. The molecule has 0 aliphatic heterocycles. The zero-order valence-electron chi connectivity index (χ0n) is 14.5. The Morgan fingerprint density at radius 2 is 1.64 bits per heavy atom. The fourth-order valence-corrected chi connectivity index (χ4v) is 5.27. The van der Waals surface area contributed by atoms with Crippen LogP contribution in [-0.2, 0) is 19.1 Å². The smallest absolute Gasteiger partial charge is 0.308 e. The van der Waals surface area contributed by atoms with E-state index < -0.39 is 11.9 Å². The molecule has 0 saturated heterocycles. The fourth-order valence-electron chi connectivity index (χ4n) is 5.27. The van der Waals surface area contributed by atoms with Crippen molar-refractivity contribution in [3.63, 3.8) is 0 Å². The van der Waals surface area contributed by atoms with Crippen LogP contribution in [0.25, 0.3) is 0 Å². The van der Waals surface area contributed by atoms with E-state index in [4.69, 9.17) is 11.2 Å². The summed E-state index contributed by atoms with van der Waals surface area (Å²) in [6, 6.07) is 0. The number of esters is 1. The number of terminal acetylenes is 1. The molecule has 4 rings (SSSR count). The molecule has 6 nitrogen and oxygen atoms in total. The largest absolute Gasteiger partial charge is 0.456 e. The highest BCUT2D eigenvalue weighted by Gasteiger charge is 2.54. The maximum atomic E-state index is 12.7. The van der Waals surface area contributed by atoms with Crippen molar-refractivity contribution >= 4 is 17.8 Å². The molecule has 2 N–H and O–H groups in total. The van der Waals surface area contributed by atoms with Gasteiger partial charge in [0, 0.05) is 12.0 Å². The van der Waals surface area contributed by atoms with E-state index in [1.807, 2.05) is 0 Å². The van der Waals surface area contributed by atoms with Crippen molar-refractivity contribution in [1.29, 1.82) is 0 Å². The van der Waals surface area contributed by atoms with Crippen LogP contribution in [0, 0.1) is 35.5 Å². The number of nitrogens with one attached hydrogen (secondary N) is 2. The monoisotopic (exact) mass is 346 g/mol. The Balaban J connectivity index is 1.38. The molecule has 4 bridgehead atoms. The molecular weight excluding hydrogens is 320 g/mol. The molecule has 4 aliphatic carbocycles. The molecule has 4 aliphatic rings. The van der Waals surface area contributed by atoms with Crippen molar-refractivity contribution in [3.8, 4) is 12.3 Å². The van der Waals surface area contributed by atoms with E-state index in [1.165, 1.54) is 19.3 Å². The molecule has 4 saturated carbocycles. The molecule has 136 valence electrons. The number of amides is 2. The quantitative estimate of drug-likeness (QED) is 0.532. The van der Waals surface area contributed by atoms with Crippen molar-refractivity contribution < 1.29 is 19.1 Å². The van der Waals surface area contributed by atoms with Gasteiger partial charge in [0.1, 0.15) is 0 Å². The average molecular weight is 346 g/mol. The maximum Gasteiger partial charge on any atom is 0.308 e. The lowest BCUT2D eigenvalue weighted by Crippen LogP contribution is -2.53. The normalized spacial score (nSPS) is 31.9. The summed E-state index contributed by atoms with van der Waals surface area (Å²) in [5.74, 6) is 3.58. The van der Waals surface area contributed by atoms with Crippen LogP contribution in [0.15, 0.2) is 0 Å². The van der Waals surface area contributed by atoms with Gasteiger partial charge in [0.05, 0.1) is 13.0 Å². The van der Waals surface area contributed by atoms with Crippen molar-refractivity contribution in [3.05, 3.63) is 0 Å². The van der Waals surface area contributed by atoms with Gasteiger partial charge in [-0.15, -0.1) is 6.42 Å². The maximum absolute atomic E-state index is 12.7. The molecule has 0 heterocycles. The standard InChI is InChI=1S/C19H26N2O4/c1-2-4-20-16(22)12-25-17(23)3-5-21-18(24)19-9-13-6-14(10-19)8-15(7-13)11-19/h1,13-15H,3-12H2,(H,20,22)(H,21,24). The van der Waals surface area contributed by atoms with Crippen LogP contribution in [0.5, 0.6) is 0 Å². The van der Waals surface area contributed by atoms with Gasteiger partial charge in [-0.05, 0) is 56.3 Å². The summed E-state index contributed by atoms with van der Waals surface area (Å²) in [6.07, 6.45) is 12.0. The third-order valence-electron chi connectivity index (χ3n) is 5.89. The number of rotatable bonds is 7. The first-order valence-corrected chi connectivity index (χ1v) is 9.15. The number of ether oxygens (including phenoxy) is 1. The highest BCUT2D eigenvalue weighted by Crippen LogP contribution is 2.60. The van der Waals surface area contributed by atoms with Crippen LogP contribution in [-0.4, -0.2) is 37.5 Å². The highest BCUT2D eigenvalue weighted by atomic mass is 16.5. The van der Waals surface area contributed by atoms with Crippen molar-refractivity contribution in [1.82, 2.24) is 10.6 Å². The van der Waals surface area contributed by atoms with Gasteiger partial charge in [0.2, 0.25) is 5.91 Å². The molecule has 0 unspecified atom stereocenters. The van der Waals surface area contributed by atoms with Gasteiger partial charge in [0.25, 0.3) is 5.91 Å². The zero-order valence-corrected chi connectivity index (χ0v) is 14.5. The first kappa shape index (κ1) is 17.8. The summed E-state index contributed by atoms with van der Waals surface area (Å²) in [5, 5.41) is 5.34. The van der Waals surface area contributed by atoms with E-state index >= 15 is 0 Å². The Labute approximate surface area is 148 Å². The van der Waals surface area contributed by atoms with Crippen molar-refractivity contribution in [2.45, 2.75) is 44.9 Å². The van der Waals surface area contributed by atoms with Gasteiger partial charge in [-0.25, -0.2) is 0 Å². The Hall–Kier alpha value is -2.03. The molecule has 2 amide bonds. The van der Waals surface area contributed by atoms with Gasteiger partial charge < -0.3 is 15.4 Å². The second-order valence-corrected chi connectivity index (χ2v) is 7.85. The minimum absolute atomic E-state index is 0.0700. The summed E-state index contributed by atoms with van der Waals surface area (Å²) in [4.78, 5) is 35.7. The average Bonchev–Trinajstić information content (AvgIpc) is 2.56. The number of carbonyl (C=O) groups is 3. The Kier molecular flexibility index (Phi) is 5.31. The summed E-state index contributed by atoms with van der Waals surface area (Å²) < 4.78 is 4.86.